The number of aromatic nitrogens is 1. The van der Waals surface area contributed by atoms with Gasteiger partial charge in [0.2, 0.25) is 0 Å². The molecule has 6 rings (SSSR count). The molecule has 0 saturated heterocycles. The van der Waals surface area contributed by atoms with Gasteiger partial charge in [-0.2, -0.15) is 0 Å². The maximum atomic E-state index is 10.0. The fourth-order valence-electron chi connectivity index (χ4n) is 5.58. The third kappa shape index (κ3) is 5.02. The van der Waals surface area contributed by atoms with Crippen LogP contribution in [0.2, 0.25) is 19.6 Å². The molecular formula is C33H34IrNO3Si-. The summed E-state index contributed by atoms with van der Waals surface area (Å²) >= 11 is 0. The van der Waals surface area contributed by atoms with Gasteiger partial charge in [-0.15, -0.1) is 23.6 Å². The number of hydrogen-bond acceptors (Lipinski definition) is 4. The van der Waals surface area contributed by atoms with E-state index in [4.69, 9.17) is 14.5 Å². The van der Waals surface area contributed by atoms with Crippen LogP contribution in [-0.2, 0) is 30.3 Å². The van der Waals surface area contributed by atoms with Gasteiger partial charge in [-0.1, -0.05) is 79.8 Å². The number of nitrogens with zero attached hydrogens (tertiary/aromatic N) is 1. The molecule has 0 spiro atoms. The summed E-state index contributed by atoms with van der Waals surface area (Å²) in [5, 5.41) is 14.5. The molecule has 2 heterocycles. The van der Waals surface area contributed by atoms with Crippen molar-refractivity contribution in [2.45, 2.75) is 59.7 Å². The summed E-state index contributed by atoms with van der Waals surface area (Å²) in [7, 11) is -1.59. The predicted octanol–water partition coefficient (Wildman–Crippen LogP) is 8.13. The molecule has 5 aromatic rings. The number of furan rings is 1. The van der Waals surface area contributed by atoms with Gasteiger partial charge in [0.05, 0.1) is 13.8 Å². The second-order valence-corrected chi connectivity index (χ2v) is 17.0. The van der Waals surface area contributed by atoms with Crippen molar-refractivity contribution in [3.8, 4) is 11.3 Å². The Morgan fingerprint density at radius 3 is 2.36 bits per heavy atom. The topological polar surface area (TPSA) is 63.3 Å². The van der Waals surface area contributed by atoms with Gasteiger partial charge < -0.3 is 9.52 Å². The number of ketones is 1. The minimum atomic E-state index is -1.59. The van der Waals surface area contributed by atoms with Crippen molar-refractivity contribution in [2.75, 3.05) is 0 Å². The molecule has 1 N–H and O–H groups in total. The first-order valence-electron chi connectivity index (χ1n) is 13.0. The number of aryl methyl sites for hydroxylation is 1. The minimum absolute atomic E-state index is 0. The maximum absolute atomic E-state index is 10.0. The van der Waals surface area contributed by atoms with Gasteiger partial charge >= 0.3 is 0 Å². The van der Waals surface area contributed by atoms with Gasteiger partial charge in [0.1, 0.15) is 11.2 Å². The zero-order valence-electron chi connectivity index (χ0n) is 23.7. The molecule has 1 aliphatic rings. The van der Waals surface area contributed by atoms with E-state index in [-0.39, 0.29) is 37.1 Å². The number of carbonyl (C=O) groups is 1. The van der Waals surface area contributed by atoms with Crippen molar-refractivity contribution in [3.63, 3.8) is 0 Å². The first-order chi connectivity index (χ1) is 17.8. The normalized spacial score (nSPS) is 14.0. The Hall–Kier alpha value is -3.05. The number of fused-ring (bicyclic) bond motifs is 3. The van der Waals surface area contributed by atoms with Gasteiger partial charge in [-0.25, -0.2) is 0 Å². The van der Waals surface area contributed by atoms with Crippen molar-refractivity contribution in [1.29, 1.82) is 0 Å². The van der Waals surface area contributed by atoms with Crippen molar-refractivity contribution >= 4 is 51.8 Å². The van der Waals surface area contributed by atoms with Gasteiger partial charge in [0, 0.05) is 48.8 Å². The number of benzene rings is 3. The molecule has 3 aromatic carbocycles. The van der Waals surface area contributed by atoms with Crippen LogP contribution in [-0.4, -0.2) is 23.9 Å². The van der Waals surface area contributed by atoms with Crippen LogP contribution in [0.4, 0.5) is 0 Å². The summed E-state index contributed by atoms with van der Waals surface area (Å²) in [6.45, 7) is 16.8. The molecule has 0 atom stereocenters. The molecule has 0 bridgehead atoms. The number of hydrogen-bond donors (Lipinski definition) is 1. The van der Waals surface area contributed by atoms with Crippen LogP contribution in [0.25, 0.3) is 44.0 Å². The van der Waals surface area contributed by atoms with E-state index in [1.165, 1.54) is 52.6 Å². The molecule has 2 aromatic heterocycles. The molecule has 0 fully saturated rings. The van der Waals surface area contributed by atoms with E-state index in [9.17, 15) is 4.79 Å². The molecular weight excluding hydrogens is 679 g/mol. The zero-order valence-corrected chi connectivity index (χ0v) is 27.1. The Morgan fingerprint density at radius 1 is 1.03 bits per heavy atom. The van der Waals surface area contributed by atoms with Crippen molar-refractivity contribution in [1.82, 2.24) is 4.98 Å². The molecule has 1 radical (unpaired) electrons. The summed E-state index contributed by atoms with van der Waals surface area (Å²) in [6, 6.07) is 19.4. The minimum Gasteiger partial charge on any atom is -0.512 e. The molecule has 4 nitrogen and oxygen atoms in total. The fraction of sp³-hybridized carbons (Fsp3) is 0.273. The van der Waals surface area contributed by atoms with E-state index in [0.717, 1.165) is 33.2 Å². The van der Waals surface area contributed by atoms with Crippen molar-refractivity contribution in [2.24, 2.45) is 0 Å². The summed E-state index contributed by atoms with van der Waals surface area (Å²) in [4.78, 5) is 14.9. The molecule has 0 amide bonds. The van der Waals surface area contributed by atoms with Gasteiger partial charge in [-0.05, 0) is 43.0 Å². The van der Waals surface area contributed by atoms with E-state index < -0.39 is 8.07 Å². The van der Waals surface area contributed by atoms with Crippen LogP contribution in [0.5, 0.6) is 0 Å². The van der Waals surface area contributed by atoms with Crippen molar-refractivity contribution in [3.05, 3.63) is 83.3 Å². The number of pyridine rings is 1. The third-order valence-electron chi connectivity index (χ3n) is 7.37. The second kappa shape index (κ2) is 10.2. The quantitative estimate of drug-likeness (QED) is 0.0870. The van der Waals surface area contributed by atoms with E-state index >= 15 is 0 Å². The van der Waals surface area contributed by atoms with Gasteiger partial charge in [0.15, 0.2) is 5.78 Å². The molecule has 0 saturated carbocycles. The Bertz CT molecular complexity index is 1790. The van der Waals surface area contributed by atoms with Crippen LogP contribution < -0.4 is 5.19 Å². The average molecular weight is 713 g/mol. The summed E-state index contributed by atoms with van der Waals surface area (Å²) in [5.74, 6) is -0.0625. The van der Waals surface area contributed by atoms with E-state index in [0.29, 0.717) is 0 Å². The van der Waals surface area contributed by atoms with Crippen LogP contribution in [0.1, 0.15) is 44.4 Å². The maximum Gasteiger partial charge on any atom is 0.155 e. The van der Waals surface area contributed by atoms with Crippen molar-refractivity contribution < 1.29 is 34.4 Å². The Kier molecular flexibility index (Phi) is 7.54. The molecule has 0 aliphatic heterocycles. The molecule has 39 heavy (non-hydrogen) atoms. The summed E-state index contributed by atoms with van der Waals surface area (Å²) in [5.41, 5.74) is 7.74. The van der Waals surface area contributed by atoms with E-state index in [1.807, 2.05) is 12.3 Å². The van der Waals surface area contributed by atoms with Gasteiger partial charge in [-0.3, -0.25) is 9.78 Å². The number of carbonyl (C=O) groups excluding carboxylic acids is 1. The number of aliphatic hydroxyl groups is 1. The summed E-state index contributed by atoms with van der Waals surface area (Å²) in [6.07, 6.45) is 3.04. The molecule has 6 heteroatoms. The third-order valence-corrected chi connectivity index (χ3v) is 9.38. The molecule has 0 unspecified atom stereocenters. The van der Waals surface area contributed by atoms with Crippen LogP contribution in [0.3, 0.4) is 0 Å². The number of allylic oxidation sites excluding steroid dienone is 2. The fourth-order valence-corrected chi connectivity index (χ4v) is 7.02. The summed E-state index contributed by atoms with van der Waals surface area (Å²) < 4.78 is 6.56. The average Bonchev–Trinajstić information content (AvgIpc) is 3.17. The first kappa shape index (κ1) is 28.9. The Labute approximate surface area is 244 Å². The van der Waals surface area contributed by atoms with E-state index in [2.05, 4.69) is 82.9 Å². The van der Waals surface area contributed by atoms with Crippen LogP contribution >= 0.6 is 0 Å². The standard InChI is InChI=1S/C28H26NOSi.C5H8O2.Ir/c1-16-7-8-17-14-19-21(15-18(17)13-16)28(2,3)20-9-10-23(31(4,5)6)27-24(20)25-22(30-27)11-12-29-26(19)25;1-4(6)3-5(2)7;/h7-13,15H,1-6H3;3,6H,1-2H3;/q-1;;/b;4-3-;. The SMILES string of the molecule is CC(=O)/C=C(/C)O.Cc1ccc2[c-]c3c(cc2c1)C(C)(C)c1ccc([Si](C)(C)C)c2oc4ccnc-3c4c12.[Ir]. The Morgan fingerprint density at radius 2 is 1.74 bits per heavy atom. The number of aliphatic hydroxyl groups excluding tert-OH is 1. The Balaban J connectivity index is 0.000000394. The first-order valence-corrected chi connectivity index (χ1v) is 16.5. The monoisotopic (exact) mass is 713 g/mol. The molecule has 1 aliphatic carbocycles. The van der Waals surface area contributed by atoms with Crippen LogP contribution in [0.15, 0.2) is 64.9 Å². The number of rotatable bonds is 2. The smallest absolute Gasteiger partial charge is 0.155 e. The molecule has 203 valence electrons. The second-order valence-electron chi connectivity index (χ2n) is 11.9. The van der Waals surface area contributed by atoms with Crippen LogP contribution in [0, 0.1) is 13.0 Å². The largest absolute Gasteiger partial charge is 0.512 e. The van der Waals surface area contributed by atoms with E-state index in [1.54, 1.807) is 0 Å². The predicted molar refractivity (Wildman–Crippen MR) is 160 cm³/mol. The van der Waals surface area contributed by atoms with Gasteiger partial charge in [0.25, 0.3) is 0 Å². The zero-order chi connectivity index (χ0) is 27.6.